The van der Waals surface area contributed by atoms with E-state index in [1.807, 2.05) is 0 Å². The van der Waals surface area contributed by atoms with Gasteiger partial charge in [0.05, 0.1) is 0 Å². The predicted molar refractivity (Wildman–Crippen MR) is 42.7 cm³/mol. The molecule has 2 aliphatic heterocycles. The summed E-state index contributed by atoms with van der Waals surface area (Å²) in [6.07, 6.45) is 1.48. The topological polar surface area (TPSA) is 63.6 Å². The van der Waals surface area contributed by atoms with Crippen molar-refractivity contribution in [2.24, 2.45) is 4.99 Å². The van der Waals surface area contributed by atoms with Gasteiger partial charge in [0.25, 0.3) is 0 Å². The summed E-state index contributed by atoms with van der Waals surface area (Å²) in [6, 6.07) is 0. The molecule has 2 aliphatic rings. The largest absolute Gasteiger partial charge is 0.294 e. The van der Waals surface area contributed by atoms with Gasteiger partial charge in [-0.2, -0.15) is 0 Å². The first kappa shape index (κ1) is 7.42. The van der Waals surface area contributed by atoms with E-state index >= 15 is 0 Å². The SMILES string of the molecule is O=C1CC=NC2=C1C(=O)SC2=O. The number of rotatable bonds is 0. The maximum absolute atomic E-state index is 11.1. The molecular weight excluding hydrogens is 178 g/mol. The Bertz CT molecular complexity index is 357. The van der Waals surface area contributed by atoms with E-state index in [4.69, 9.17) is 0 Å². The van der Waals surface area contributed by atoms with Crippen molar-refractivity contribution in [3.05, 3.63) is 11.3 Å². The summed E-state index contributed by atoms with van der Waals surface area (Å²) < 4.78 is 0. The van der Waals surface area contributed by atoms with Gasteiger partial charge in [-0.1, -0.05) is 0 Å². The van der Waals surface area contributed by atoms with Crippen LogP contribution in [0.15, 0.2) is 16.3 Å². The van der Waals surface area contributed by atoms with Gasteiger partial charge in [0, 0.05) is 12.6 Å². The van der Waals surface area contributed by atoms with Crippen molar-refractivity contribution < 1.29 is 14.4 Å². The Morgan fingerprint density at radius 2 is 2.00 bits per heavy atom. The highest BCUT2D eigenvalue weighted by atomic mass is 32.2. The molecule has 0 atom stereocenters. The van der Waals surface area contributed by atoms with Crippen LogP contribution >= 0.6 is 11.8 Å². The minimum Gasteiger partial charge on any atom is -0.294 e. The highest BCUT2D eigenvalue weighted by molar-refractivity contribution is 8.27. The van der Waals surface area contributed by atoms with Crippen molar-refractivity contribution in [1.29, 1.82) is 0 Å². The van der Waals surface area contributed by atoms with Crippen LogP contribution in [0.1, 0.15) is 6.42 Å². The summed E-state index contributed by atoms with van der Waals surface area (Å²) in [5.41, 5.74) is 0.00810. The summed E-state index contributed by atoms with van der Waals surface area (Å²) in [5, 5.41) is -0.879. The second kappa shape index (κ2) is 2.38. The summed E-state index contributed by atoms with van der Waals surface area (Å²) in [7, 11) is 0. The van der Waals surface area contributed by atoms with Gasteiger partial charge >= 0.3 is 0 Å². The van der Waals surface area contributed by atoms with Crippen LogP contribution in [0, 0.1) is 0 Å². The molecule has 0 aliphatic carbocycles. The van der Waals surface area contributed by atoms with Crippen LogP contribution in [0.3, 0.4) is 0 Å². The average Bonchev–Trinajstić information content (AvgIpc) is 2.29. The Kier molecular flexibility index (Phi) is 1.47. The van der Waals surface area contributed by atoms with Crippen LogP contribution in [-0.4, -0.2) is 22.2 Å². The molecule has 12 heavy (non-hydrogen) atoms. The molecule has 2 rings (SSSR count). The first-order chi connectivity index (χ1) is 5.70. The lowest BCUT2D eigenvalue weighted by Crippen LogP contribution is -2.12. The Hall–Kier alpha value is -1.23. The van der Waals surface area contributed by atoms with Gasteiger partial charge in [-0.25, -0.2) is 0 Å². The fraction of sp³-hybridized carbons (Fsp3) is 0.143. The third-order valence-electron chi connectivity index (χ3n) is 1.60. The lowest BCUT2D eigenvalue weighted by molar-refractivity contribution is -0.117. The van der Waals surface area contributed by atoms with Gasteiger partial charge in [0.1, 0.15) is 11.3 Å². The molecule has 0 saturated carbocycles. The fourth-order valence-electron chi connectivity index (χ4n) is 1.07. The number of thioether (sulfide) groups is 1. The molecule has 0 amide bonds. The molecule has 0 aromatic heterocycles. The summed E-state index contributed by atoms with van der Waals surface area (Å²) in [6.45, 7) is 0. The van der Waals surface area contributed by atoms with Crippen molar-refractivity contribution in [3.8, 4) is 0 Å². The molecule has 4 nitrogen and oxygen atoms in total. The van der Waals surface area contributed by atoms with E-state index in [1.54, 1.807) is 0 Å². The average molecular weight is 181 g/mol. The second-order valence-corrected chi connectivity index (χ2v) is 3.29. The molecule has 0 aromatic rings. The monoisotopic (exact) mass is 181 g/mol. The number of hydrogen-bond acceptors (Lipinski definition) is 5. The first-order valence-electron chi connectivity index (χ1n) is 3.26. The summed E-state index contributed by atoms with van der Waals surface area (Å²) >= 11 is 0.543. The van der Waals surface area contributed by atoms with Crippen LogP contribution in [0.4, 0.5) is 0 Å². The number of Topliss-reactive ketones (excluding diaryl/α,β-unsaturated/α-hetero) is 1. The molecule has 0 fully saturated rings. The number of aliphatic imine (C=N–C) groups is 1. The van der Waals surface area contributed by atoms with E-state index < -0.39 is 10.2 Å². The van der Waals surface area contributed by atoms with Crippen LogP contribution in [-0.2, 0) is 14.4 Å². The highest BCUT2D eigenvalue weighted by Crippen LogP contribution is 2.31. The van der Waals surface area contributed by atoms with Gasteiger partial charge in [0.15, 0.2) is 5.78 Å². The normalized spacial score (nSPS) is 22.2. The van der Waals surface area contributed by atoms with Crippen molar-refractivity contribution in [2.45, 2.75) is 6.42 Å². The van der Waals surface area contributed by atoms with Crippen molar-refractivity contribution >= 4 is 34.0 Å². The number of carbonyl (C=O) groups excluding carboxylic acids is 3. The Morgan fingerprint density at radius 1 is 1.25 bits per heavy atom. The smallest absolute Gasteiger partial charge is 0.246 e. The summed E-state index contributed by atoms with van der Waals surface area (Å²) in [4.78, 5) is 36.8. The molecular formula is C7H3NO3S. The zero-order valence-electron chi connectivity index (χ0n) is 5.86. The van der Waals surface area contributed by atoms with Gasteiger partial charge < -0.3 is 0 Å². The van der Waals surface area contributed by atoms with Crippen LogP contribution in [0.2, 0.25) is 0 Å². The molecule has 0 spiro atoms. The molecule has 2 heterocycles. The van der Waals surface area contributed by atoms with Crippen LogP contribution in [0.25, 0.3) is 0 Å². The molecule has 0 N–H and O–H groups in total. The van der Waals surface area contributed by atoms with Crippen LogP contribution < -0.4 is 0 Å². The number of ketones is 1. The molecule has 0 aromatic carbocycles. The zero-order chi connectivity index (χ0) is 8.72. The van der Waals surface area contributed by atoms with Gasteiger partial charge in [-0.15, -0.1) is 0 Å². The third kappa shape index (κ3) is 0.863. The van der Waals surface area contributed by atoms with Gasteiger partial charge in [-0.05, 0) is 11.8 Å². The lowest BCUT2D eigenvalue weighted by atomic mass is 10.1. The van der Waals surface area contributed by atoms with Gasteiger partial charge in [0.2, 0.25) is 10.2 Å². The maximum Gasteiger partial charge on any atom is 0.246 e. The molecule has 0 saturated heterocycles. The number of hydrogen-bond donors (Lipinski definition) is 0. The Balaban J connectivity index is 2.59. The lowest BCUT2D eigenvalue weighted by Gasteiger charge is -2.01. The summed E-state index contributed by atoms with van der Waals surface area (Å²) in [5.74, 6) is -0.302. The molecule has 60 valence electrons. The Morgan fingerprint density at radius 3 is 2.67 bits per heavy atom. The third-order valence-corrected chi connectivity index (χ3v) is 2.36. The van der Waals surface area contributed by atoms with Crippen molar-refractivity contribution in [1.82, 2.24) is 0 Å². The minimum absolute atomic E-state index is 0.0208. The number of nitrogens with zero attached hydrogens (tertiary/aromatic N) is 1. The van der Waals surface area contributed by atoms with Crippen molar-refractivity contribution in [2.75, 3.05) is 0 Å². The molecule has 0 bridgehead atoms. The number of carbonyl (C=O) groups is 3. The molecule has 0 radical (unpaired) electrons. The zero-order valence-corrected chi connectivity index (χ0v) is 6.68. The van der Waals surface area contributed by atoms with Gasteiger partial charge in [-0.3, -0.25) is 19.4 Å². The highest BCUT2D eigenvalue weighted by Gasteiger charge is 2.37. The second-order valence-electron chi connectivity index (χ2n) is 2.34. The Labute approximate surface area is 71.7 Å². The molecule has 0 unspecified atom stereocenters. The first-order valence-corrected chi connectivity index (χ1v) is 4.08. The fourth-order valence-corrected chi connectivity index (χ4v) is 1.80. The van der Waals surface area contributed by atoms with E-state index in [2.05, 4.69) is 4.99 Å². The van der Waals surface area contributed by atoms with E-state index in [1.165, 1.54) is 6.21 Å². The minimum atomic E-state index is -0.461. The van der Waals surface area contributed by atoms with Crippen LogP contribution in [0.5, 0.6) is 0 Å². The quantitative estimate of drug-likeness (QED) is 0.496. The van der Waals surface area contributed by atoms with Crippen molar-refractivity contribution in [3.63, 3.8) is 0 Å². The van der Waals surface area contributed by atoms with E-state index in [0.717, 1.165) is 0 Å². The maximum atomic E-state index is 11.1. The standard InChI is InChI=1S/C7H3NO3S/c9-3-1-2-8-5-4(3)6(10)12-7(5)11/h2H,1H2. The molecule has 5 heteroatoms. The predicted octanol–water partition coefficient (Wildman–Crippen LogP) is 0.0841. The van der Waals surface area contributed by atoms with E-state index in [-0.39, 0.29) is 23.5 Å². The van der Waals surface area contributed by atoms with E-state index in [0.29, 0.717) is 11.8 Å². The van der Waals surface area contributed by atoms with E-state index in [9.17, 15) is 14.4 Å².